The molecule has 0 amide bonds. The van der Waals surface area contributed by atoms with Crippen LogP contribution in [-0.2, 0) is 7.05 Å². The lowest BCUT2D eigenvalue weighted by atomic mass is 10.1. The number of H-pyrrole nitrogens is 2. The lowest BCUT2D eigenvalue weighted by molar-refractivity contribution is 0.657. The third-order valence-corrected chi connectivity index (χ3v) is 5.95. The molecule has 0 radical (unpaired) electrons. The van der Waals surface area contributed by atoms with Gasteiger partial charge in [-0.25, -0.2) is 4.98 Å². The Labute approximate surface area is 173 Å². The van der Waals surface area contributed by atoms with Crippen molar-refractivity contribution in [2.75, 3.05) is 0 Å². The van der Waals surface area contributed by atoms with Crippen LogP contribution in [0.3, 0.4) is 0 Å². The van der Waals surface area contributed by atoms with Crippen molar-refractivity contribution in [1.82, 2.24) is 34.9 Å². The van der Waals surface area contributed by atoms with Gasteiger partial charge in [0.25, 0.3) is 0 Å². The van der Waals surface area contributed by atoms with E-state index in [-0.39, 0.29) is 5.13 Å². The van der Waals surface area contributed by atoms with Crippen molar-refractivity contribution < 1.29 is 4.39 Å². The van der Waals surface area contributed by atoms with Gasteiger partial charge in [-0.15, -0.1) is 11.3 Å². The molecule has 0 aromatic carbocycles. The number of nitrogens with one attached hydrogen (secondary N) is 2. The number of aryl methyl sites for hydroxylation is 1. The van der Waals surface area contributed by atoms with Crippen molar-refractivity contribution in [1.29, 1.82) is 0 Å². The van der Waals surface area contributed by atoms with Gasteiger partial charge in [-0.3, -0.25) is 14.8 Å². The zero-order chi connectivity index (χ0) is 20.2. The summed E-state index contributed by atoms with van der Waals surface area (Å²) in [7, 11) is 1.88. The molecule has 0 fully saturated rings. The van der Waals surface area contributed by atoms with E-state index in [9.17, 15) is 4.39 Å². The first kappa shape index (κ1) is 17.0. The quantitative estimate of drug-likeness (QED) is 0.436. The molecule has 0 saturated carbocycles. The number of hydrogen-bond donors (Lipinski definition) is 2. The van der Waals surface area contributed by atoms with Crippen LogP contribution in [0.25, 0.3) is 55.0 Å². The van der Waals surface area contributed by atoms with Crippen molar-refractivity contribution in [2.24, 2.45) is 7.05 Å². The topological polar surface area (TPSA) is 88.1 Å². The van der Waals surface area contributed by atoms with Crippen molar-refractivity contribution in [3.63, 3.8) is 0 Å². The molecule has 6 heterocycles. The predicted molar refractivity (Wildman–Crippen MR) is 114 cm³/mol. The summed E-state index contributed by atoms with van der Waals surface area (Å²) in [4.78, 5) is 13.3. The minimum absolute atomic E-state index is 0.219. The van der Waals surface area contributed by atoms with Gasteiger partial charge < -0.3 is 4.98 Å². The Balaban J connectivity index is 1.52. The highest BCUT2D eigenvalue weighted by Crippen LogP contribution is 2.35. The molecule has 0 spiro atoms. The normalized spacial score (nSPS) is 11.7. The predicted octanol–water partition coefficient (Wildman–Crippen LogP) is 4.77. The fourth-order valence-electron chi connectivity index (χ4n) is 3.64. The molecule has 0 aliphatic rings. The Morgan fingerprint density at radius 2 is 2.00 bits per heavy atom. The first-order valence-corrected chi connectivity index (χ1v) is 10.0. The molecule has 0 bridgehead atoms. The van der Waals surface area contributed by atoms with E-state index in [0.717, 1.165) is 66.4 Å². The second-order valence-electron chi connectivity index (χ2n) is 7.00. The number of nitrogens with zero attached hydrogens (tertiary/aromatic N) is 5. The third kappa shape index (κ3) is 2.63. The molecule has 9 heteroatoms. The van der Waals surface area contributed by atoms with Crippen molar-refractivity contribution in [3.8, 4) is 33.1 Å². The molecule has 2 N–H and O–H groups in total. The van der Waals surface area contributed by atoms with Crippen molar-refractivity contribution in [3.05, 3.63) is 60.3 Å². The largest absolute Gasteiger partial charge is 0.352 e. The lowest BCUT2D eigenvalue weighted by Crippen LogP contribution is -1.86. The molecule has 0 aliphatic heterocycles. The van der Waals surface area contributed by atoms with Gasteiger partial charge >= 0.3 is 0 Å². The first-order valence-electron chi connectivity index (χ1n) is 9.23. The Hall–Kier alpha value is -3.85. The Morgan fingerprint density at radius 1 is 1.07 bits per heavy atom. The molecule has 0 saturated heterocycles. The first-order chi connectivity index (χ1) is 14.7. The number of thiophene rings is 1. The number of halogens is 1. The number of fused-ring (bicyclic) bond motifs is 2. The van der Waals surface area contributed by atoms with Crippen LogP contribution in [0.4, 0.5) is 4.39 Å². The summed E-state index contributed by atoms with van der Waals surface area (Å²) in [6, 6.07) is 9.16. The van der Waals surface area contributed by atoms with Crippen LogP contribution >= 0.6 is 11.3 Å². The van der Waals surface area contributed by atoms with Crippen LogP contribution in [0, 0.1) is 5.13 Å². The summed E-state index contributed by atoms with van der Waals surface area (Å²) in [6.45, 7) is 0. The average Bonchev–Trinajstić information content (AvgIpc) is 3.52. The van der Waals surface area contributed by atoms with Gasteiger partial charge in [-0.1, -0.05) is 0 Å². The zero-order valence-electron chi connectivity index (χ0n) is 15.7. The molecular weight excluding hydrogens is 401 g/mol. The molecular formula is C21H14FN7S. The molecule has 0 atom stereocenters. The molecule has 6 rings (SSSR count). The van der Waals surface area contributed by atoms with E-state index in [1.165, 1.54) is 6.07 Å². The minimum atomic E-state index is -0.219. The van der Waals surface area contributed by atoms with Gasteiger partial charge in [0, 0.05) is 40.8 Å². The highest BCUT2D eigenvalue weighted by molar-refractivity contribution is 7.14. The second kappa shape index (κ2) is 6.33. The summed E-state index contributed by atoms with van der Waals surface area (Å²) < 4.78 is 15.3. The van der Waals surface area contributed by atoms with E-state index in [1.54, 1.807) is 29.3 Å². The van der Waals surface area contributed by atoms with Gasteiger partial charge in [-0.05, 0) is 30.3 Å². The van der Waals surface area contributed by atoms with Crippen LogP contribution in [-0.4, -0.2) is 34.9 Å². The van der Waals surface area contributed by atoms with Crippen LogP contribution in [0.5, 0.6) is 0 Å². The number of hydrogen-bond acceptors (Lipinski definition) is 5. The Bertz CT molecular complexity index is 1540. The maximum atomic E-state index is 13.6. The summed E-state index contributed by atoms with van der Waals surface area (Å²) in [5.41, 5.74) is 6.65. The standard InChI is InChI=1S/C21H14FN7S/c1-29-10-11(7-24-29)14-2-3-15-20(26-14)21(28-27-15)16-6-12-13(8-23-9-17(12)25-16)18-4-5-19(22)30-18/h2-10,25H,1H3,(H,27,28). The fraction of sp³-hybridized carbons (Fsp3) is 0.0476. The van der Waals surface area contributed by atoms with E-state index in [1.807, 2.05) is 31.4 Å². The smallest absolute Gasteiger partial charge is 0.176 e. The molecule has 0 aliphatic carbocycles. The number of rotatable bonds is 3. The SMILES string of the molecule is Cn1cc(-c2ccc3[nH]nc(-c4cc5c(-c6ccc(F)s6)cncc5[nH]4)c3n2)cn1. The van der Waals surface area contributed by atoms with E-state index in [4.69, 9.17) is 4.98 Å². The highest BCUT2D eigenvalue weighted by atomic mass is 32.1. The summed E-state index contributed by atoms with van der Waals surface area (Å²) in [5, 5.41) is 12.5. The van der Waals surface area contributed by atoms with Crippen LogP contribution in [0.15, 0.2) is 55.1 Å². The Morgan fingerprint density at radius 3 is 2.80 bits per heavy atom. The monoisotopic (exact) mass is 415 g/mol. The third-order valence-electron chi connectivity index (χ3n) is 5.05. The Kier molecular flexibility index (Phi) is 3.59. The highest BCUT2D eigenvalue weighted by Gasteiger charge is 2.16. The fourth-order valence-corrected chi connectivity index (χ4v) is 4.39. The lowest BCUT2D eigenvalue weighted by Gasteiger charge is -1.98. The zero-order valence-corrected chi connectivity index (χ0v) is 16.5. The van der Waals surface area contributed by atoms with Crippen LogP contribution in [0.1, 0.15) is 0 Å². The molecule has 146 valence electrons. The van der Waals surface area contributed by atoms with Gasteiger partial charge in [0.1, 0.15) is 11.2 Å². The van der Waals surface area contributed by atoms with Gasteiger partial charge in [-0.2, -0.15) is 14.6 Å². The maximum absolute atomic E-state index is 13.6. The van der Waals surface area contributed by atoms with E-state index >= 15 is 0 Å². The maximum Gasteiger partial charge on any atom is 0.176 e. The van der Waals surface area contributed by atoms with Crippen LogP contribution in [0.2, 0.25) is 0 Å². The number of pyridine rings is 2. The van der Waals surface area contributed by atoms with Gasteiger partial charge in [0.05, 0.1) is 34.8 Å². The van der Waals surface area contributed by atoms with Crippen LogP contribution < -0.4 is 0 Å². The van der Waals surface area contributed by atoms with E-state index in [0.29, 0.717) is 0 Å². The van der Waals surface area contributed by atoms with Crippen molar-refractivity contribution >= 4 is 33.3 Å². The molecule has 7 nitrogen and oxygen atoms in total. The molecule has 30 heavy (non-hydrogen) atoms. The molecule has 0 unspecified atom stereocenters. The van der Waals surface area contributed by atoms with Crippen molar-refractivity contribution in [2.45, 2.75) is 0 Å². The summed E-state index contributed by atoms with van der Waals surface area (Å²) in [5.74, 6) is 0. The average molecular weight is 415 g/mol. The van der Waals surface area contributed by atoms with E-state index in [2.05, 4.69) is 25.3 Å². The number of aromatic nitrogens is 7. The second-order valence-corrected chi connectivity index (χ2v) is 8.04. The minimum Gasteiger partial charge on any atom is -0.352 e. The summed E-state index contributed by atoms with van der Waals surface area (Å²) >= 11 is 1.10. The molecule has 6 aromatic rings. The molecule has 6 aromatic heterocycles. The van der Waals surface area contributed by atoms with Gasteiger partial charge in [0.15, 0.2) is 5.13 Å². The van der Waals surface area contributed by atoms with E-state index < -0.39 is 0 Å². The summed E-state index contributed by atoms with van der Waals surface area (Å²) in [6.07, 6.45) is 7.23. The number of aromatic amines is 2. The van der Waals surface area contributed by atoms with Gasteiger partial charge in [0.2, 0.25) is 0 Å².